The molecule has 0 radical (unpaired) electrons. The Kier molecular flexibility index (Phi) is 9.87. The number of hydrogen-bond donors (Lipinski definition) is 1. The van der Waals surface area contributed by atoms with Crippen molar-refractivity contribution in [3.8, 4) is 0 Å². The largest absolute Gasteiger partial charge is 0.463 e. The van der Waals surface area contributed by atoms with Crippen LogP contribution < -0.4 is 0 Å². The zero-order valence-corrected chi connectivity index (χ0v) is 14.3. The average molecular weight is 330 g/mol. The molecule has 3 atom stereocenters. The number of unbranched alkanes of at least 4 members (excludes halogenated alkanes) is 4. The third-order valence-electron chi connectivity index (χ3n) is 3.87. The van der Waals surface area contributed by atoms with Gasteiger partial charge in [-0.1, -0.05) is 39.5 Å². The predicted molar refractivity (Wildman–Crippen MR) is 84.9 cm³/mol. The van der Waals surface area contributed by atoms with Gasteiger partial charge in [-0.15, -0.1) is 0 Å². The number of carbonyl (C=O) groups excluding carboxylic acids is 2. The number of ether oxygens (including phenoxy) is 3. The molecular formula is C17H30O6. The van der Waals surface area contributed by atoms with Crippen molar-refractivity contribution in [3.63, 3.8) is 0 Å². The number of carbonyl (C=O) groups is 2. The van der Waals surface area contributed by atoms with Crippen molar-refractivity contribution in [2.75, 3.05) is 13.2 Å². The van der Waals surface area contributed by atoms with Crippen LogP contribution in [0, 0.1) is 0 Å². The van der Waals surface area contributed by atoms with E-state index in [2.05, 4.69) is 13.8 Å². The number of hydrogen-bond acceptors (Lipinski definition) is 6. The first kappa shape index (κ1) is 19.9. The van der Waals surface area contributed by atoms with Gasteiger partial charge in [-0.3, -0.25) is 9.59 Å². The summed E-state index contributed by atoms with van der Waals surface area (Å²) in [6, 6.07) is 0. The standard InChI is InChI=1S/C17H30O6/c1-3-5-7-9-15(19)22-12-14-17(13(18)11-21-14)23-16(20)10-8-6-4-2/h13-14,17-18H,3-12H2,1-2H3/t13-,14-,17+/m0/s1. The molecule has 0 bridgehead atoms. The Bertz CT molecular complexity index is 357. The Balaban J connectivity index is 2.33. The zero-order valence-electron chi connectivity index (χ0n) is 14.3. The van der Waals surface area contributed by atoms with Crippen LogP contribution in [0.5, 0.6) is 0 Å². The molecule has 134 valence electrons. The first-order chi connectivity index (χ1) is 11.1. The van der Waals surface area contributed by atoms with Crippen molar-refractivity contribution in [3.05, 3.63) is 0 Å². The molecule has 1 fully saturated rings. The van der Waals surface area contributed by atoms with Crippen LogP contribution in [0.4, 0.5) is 0 Å². The van der Waals surface area contributed by atoms with Crippen LogP contribution in [0.3, 0.4) is 0 Å². The fraction of sp³-hybridized carbons (Fsp3) is 0.882. The highest BCUT2D eigenvalue weighted by molar-refractivity contribution is 5.70. The number of esters is 2. The molecular weight excluding hydrogens is 300 g/mol. The highest BCUT2D eigenvalue weighted by Crippen LogP contribution is 2.20. The van der Waals surface area contributed by atoms with Crippen molar-refractivity contribution in [2.24, 2.45) is 0 Å². The highest BCUT2D eigenvalue weighted by Gasteiger charge is 2.39. The van der Waals surface area contributed by atoms with Crippen LogP contribution in [0.15, 0.2) is 0 Å². The second kappa shape index (κ2) is 11.4. The van der Waals surface area contributed by atoms with E-state index < -0.39 is 18.3 Å². The molecule has 1 heterocycles. The van der Waals surface area contributed by atoms with Gasteiger partial charge in [0.05, 0.1) is 6.61 Å². The molecule has 1 aliphatic heterocycles. The summed E-state index contributed by atoms with van der Waals surface area (Å²) in [7, 11) is 0. The maximum Gasteiger partial charge on any atom is 0.306 e. The van der Waals surface area contributed by atoms with Crippen LogP contribution in [-0.2, 0) is 23.8 Å². The average Bonchev–Trinajstić information content (AvgIpc) is 2.86. The third kappa shape index (κ3) is 7.79. The summed E-state index contributed by atoms with van der Waals surface area (Å²) in [5.41, 5.74) is 0. The maximum absolute atomic E-state index is 11.8. The third-order valence-corrected chi connectivity index (χ3v) is 3.87. The molecule has 1 rings (SSSR count). The van der Waals surface area contributed by atoms with E-state index in [0.29, 0.717) is 12.8 Å². The molecule has 0 spiro atoms. The zero-order chi connectivity index (χ0) is 17.1. The summed E-state index contributed by atoms with van der Waals surface area (Å²) in [4.78, 5) is 23.4. The van der Waals surface area contributed by atoms with E-state index in [1.165, 1.54) is 0 Å². The molecule has 1 N–H and O–H groups in total. The molecule has 0 aromatic carbocycles. The van der Waals surface area contributed by atoms with Crippen LogP contribution in [0.2, 0.25) is 0 Å². The highest BCUT2D eigenvalue weighted by atomic mass is 16.6. The Hall–Kier alpha value is -1.14. The quantitative estimate of drug-likeness (QED) is 0.462. The van der Waals surface area contributed by atoms with Gasteiger partial charge >= 0.3 is 11.9 Å². The lowest BCUT2D eigenvalue weighted by atomic mass is 10.1. The van der Waals surface area contributed by atoms with E-state index in [1.54, 1.807) is 0 Å². The van der Waals surface area contributed by atoms with Crippen LogP contribution in [-0.4, -0.2) is 48.6 Å². The van der Waals surface area contributed by atoms with Gasteiger partial charge < -0.3 is 19.3 Å². The summed E-state index contributed by atoms with van der Waals surface area (Å²) in [6.07, 6.45) is 4.11. The molecule has 0 aliphatic carbocycles. The smallest absolute Gasteiger partial charge is 0.306 e. The molecule has 1 saturated heterocycles. The van der Waals surface area contributed by atoms with E-state index >= 15 is 0 Å². The topological polar surface area (TPSA) is 82.1 Å². The normalized spacial score (nSPS) is 23.7. The van der Waals surface area contributed by atoms with Crippen molar-refractivity contribution in [2.45, 2.75) is 83.5 Å². The SMILES string of the molecule is CCCCCC(=O)OC[C@@H]1OC[C@H](O)[C@H]1OC(=O)CCCCC. The second-order valence-corrected chi connectivity index (χ2v) is 5.99. The van der Waals surface area contributed by atoms with Crippen LogP contribution in [0.25, 0.3) is 0 Å². The molecule has 0 amide bonds. The number of aliphatic hydroxyl groups is 1. The van der Waals surface area contributed by atoms with Gasteiger partial charge in [0.15, 0.2) is 6.10 Å². The minimum Gasteiger partial charge on any atom is -0.463 e. The van der Waals surface area contributed by atoms with E-state index in [-0.39, 0.29) is 25.2 Å². The Labute approximate surface area is 138 Å². The van der Waals surface area contributed by atoms with E-state index in [9.17, 15) is 14.7 Å². The van der Waals surface area contributed by atoms with Crippen molar-refractivity contribution < 1.29 is 28.9 Å². The summed E-state index contributed by atoms with van der Waals surface area (Å²) < 4.78 is 15.8. The molecule has 6 heteroatoms. The minimum absolute atomic E-state index is 0.00885. The van der Waals surface area contributed by atoms with Gasteiger partial charge in [0.25, 0.3) is 0 Å². The summed E-state index contributed by atoms with van der Waals surface area (Å²) in [6.45, 7) is 4.23. The van der Waals surface area contributed by atoms with E-state index in [1.807, 2.05) is 0 Å². The monoisotopic (exact) mass is 330 g/mol. The van der Waals surface area contributed by atoms with Gasteiger partial charge in [0.1, 0.15) is 18.8 Å². The fourth-order valence-electron chi connectivity index (χ4n) is 2.45. The van der Waals surface area contributed by atoms with E-state index in [0.717, 1.165) is 38.5 Å². The molecule has 0 aromatic heterocycles. The van der Waals surface area contributed by atoms with Gasteiger partial charge in [-0.2, -0.15) is 0 Å². The van der Waals surface area contributed by atoms with Gasteiger partial charge in [-0.25, -0.2) is 0 Å². The predicted octanol–water partition coefficient (Wildman–Crippen LogP) is 2.36. The van der Waals surface area contributed by atoms with Crippen LogP contribution in [0.1, 0.15) is 65.2 Å². The number of rotatable bonds is 11. The van der Waals surface area contributed by atoms with Crippen molar-refractivity contribution >= 4 is 11.9 Å². The molecule has 0 aromatic rings. The number of aliphatic hydroxyl groups excluding tert-OH is 1. The van der Waals surface area contributed by atoms with Gasteiger partial charge in [0.2, 0.25) is 0 Å². The maximum atomic E-state index is 11.8. The lowest BCUT2D eigenvalue weighted by Crippen LogP contribution is -2.38. The summed E-state index contributed by atoms with van der Waals surface area (Å²) >= 11 is 0. The lowest BCUT2D eigenvalue weighted by Gasteiger charge is -2.20. The van der Waals surface area contributed by atoms with Gasteiger partial charge in [-0.05, 0) is 12.8 Å². The molecule has 23 heavy (non-hydrogen) atoms. The molecule has 1 aliphatic rings. The molecule has 0 unspecified atom stereocenters. The second-order valence-electron chi connectivity index (χ2n) is 5.99. The summed E-state index contributed by atoms with van der Waals surface area (Å²) in [5.74, 6) is -0.622. The minimum atomic E-state index is -0.867. The van der Waals surface area contributed by atoms with Crippen molar-refractivity contribution in [1.29, 1.82) is 0 Å². The van der Waals surface area contributed by atoms with Crippen molar-refractivity contribution in [1.82, 2.24) is 0 Å². The van der Waals surface area contributed by atoms with Crippen LogP contribution >= 0.6 is 0 Å². The Morgan fingerprint density at radius 2 is 1.65 bits per heavy atom. The molecule has 0 saturated carbocycles. The first-order valence-electron chi connectivity index (χ1n) is 8.73. The Morgan fingerprint density at radius 1 is 1.04 bits per heavy atom. The van der Waals surface area contributed by atoms with E-state index in [4.69, 9.17) is 14.2 Å². The van der Waals surface area contributed by atoms with Gasteiger partial charge in [0, 0.05) is 12.8 Å². The first-order valence-corrected chi connectivity index (χ1v) is 8.73. The fourth-order valence-corrected chi connectivity index (χ4v) is 2.45. The lowest BCUT2D eigenvalue weighted by molar-refractivity contribution is -0.160. The molecule has 6 nitrogen and oxygen atoms in total. The summed E-state index contributed by atoms with van der Waals surface area (Å²) in [5, 5.41) is 9.88. The Morgan fingerprint density at radius 3 is 2.26 bits per heavy atom.